The molecular weight excluding hydrogens is 418 g/mol. The predicted molar refractivity (Wildman–Crippen MR) is 127 cm³/mol. The first kappa shape index (κ1) is 22.7. The number of rotatable bonds is 5. The van der Waals surface area contributed by atoms with Crippen LogP contribution in [0.3, 0.4) is 0 Å². The van der Waals surface area contributed by atoms with Crippen LogP contribution >= 0.6 is 0 Å². The number of aliphatic hydroxyl groups excluding tert-OH is 1. The molecule has 1 aliphatic heterocycles. The summed E-state index contributed by atoms with van der Waals surface area (Å²) in [6.07, 6.45) is 5.17. The highest BCUT2D eigenvalue weighted by atomic mass is 16.5. The lowest BCUT2D eigenvalue weighted by atomic mass is 10.1. The molecule has 5 rings (SSSR count). The maximum Gasteiger partial charge on any atom is 0.275 e. The molecule has 0 spiro atoms. The Balaban J connectivity index is 0.000000376. The Bertz CT molecular complexity index is 1160. The molecule has 2 aromatic carbocycles. The molecule has 1 atom stereocenters. The van der Waals surface area contributed by atoms with E-state index in [1.54, 1.807) is 19.3 Å². The van der Waals surface area contributed by atoms with E-state index in [0.717, 1.165) is 22.0 Å². The van der Waals surface area contributed by atoms with E-state index in [9.17, 15) is 9.90 Å². The molecule has 1 aliphatic rings. The molecule has 0 saturated carbocycles. The molecule has 33 heavy (non-hydrogen) atoms. The molecule has 8 nitrogen and oxygen atoms in total. The number of aromatic nitrogens is 3. The molecule has 0 bridgehead atoms. The zero-order chi connectivity index (χ0) is 23.0. The first-order valence-corrected chi connectivity index (χ1v) is 11.2. The molecule has 4 aromatic rings. The van der Waals surface area contributed by atoms with Gasteiger partial charge < -0.3 is 19.8 Å². The van der Waals surface area contributed by atoms with Gasteiger partial charge in [-0.2, -0.15) is 5.10 Å². The molecule has 172 valence electrons. The van der Waals surface area contributed by atoms with Crippen molar-refractivity contribution in [2.75, 3.05) is 26.7 Å². The number of aromatic amines is 1. The van der Waals surface area contributed by atoms with Crippen molar-refractivity contribution in [1.82, 2.24) is 25.6 Å². The van der Waals surface area contributed by atoms with Crippen molar-refractivity contribution in [1.29, 1.82) is 0 Å². The summed E-state index contributed by atoms with van der Waals surface area (Å²) in [5.41, 5.74) is 2.68. The molecule has 1 unspecified atom stereocenters. The van der Waals surface area contributed by atoms with Gasteiger partial charge >= 0.3 is 0 Å². The molecule has 1 fully saturated rings. The Labute approximate surface area is 192 Å². The largest absolute Gasteiger partial charge is 0.387 e. The second-order valence-electron chi connectivity index (χ2n) is 8.17. The molecule has 0 aliphatic carbocycles. The molecule has 3 N–H and O–H groups in total. The highest BCUT2D eigenvalue weighted by molar-refractivity contribution is 5.93. The average Bonchev–Trinajstić information content (AvgIpc) is 3.55. The number of fused-ring (bicyclic) bond motifs is 1. The minimum atomic E-state index is -0.769. The smallest absolute Gasteiger partial charge is 0.275 e. The fraction of sp³-hybridized carbons (Fsp3) is 0.320. The van der Waals surface area contributed by atoms with Crippen LogP contribution in [0.1, 0.15) is 41.4 Å². The van der Waals surface area contributed by atoms with Crippen LogP contribution < -0.4 is 5.32 Å². The zero-order valence-electron chi connectivity index (χ0n) is 18.7. The molecule has 2 aromatic heterocycles. The van der Waals surface area contributed by atoms with Crippen LogP contribution in [0.4, 0.5) is 0 Å². The fourth-order valence-electron chi connectivity index (χ4n) is 3.73. The van der Waals surface area contributed by atoms with E-state index >= 15 is 0 Å². The summed E-state index contributed by atoms with van der Waals surface area (Å²) in [7, 11) is 1.63. The molecule has 8 heteroatoms. The first-order chi connectivity index (χ1) is 16.1. The lowest BCUT2D eigenvalue weighted by molar-refractivity contribution is 0.0671. The number of hydrogen-bond acceptors (Lipinski definition) is 6. The van der Waals surface area contributed by atoms with Gasteiger partial charge in [-0.3, -0.25) is 9.89 Å². The summed E-state index contributed by atoms with van der Waals surface area (Å²) in [5, 5.41) is 25.3. The van der Waals surface area contributed by atoms with Gasteiger partial charge in [-0.05, 0) is 49.7 Å². The number of likely N-dealkylation sites (N-methyl/N-ethyl adjacent to an activating group) is 1. The number of aliphatic hydroxyl groups is 1. The van der Waals surface area contributed by atoms with Gasteiger partial charge in [-0.15, -0.1) is 0 Å². The number of piperidine rings is 1. The van der Waals surface area contributed by atoms with Crippen molar-refractivity contribution in [2.24, 2.45) is 0 Å². The molecular formula is C25H29N5O3. The highest BCUT2D eigenvalue weighted by Crippen LogP contribution is 2.24. The average molecular weight is 448 g/mol. The third-order valence-corrected chi connectivity index (χ3v) is 5.64. The summed E-state index contributed by atoms with van der Waals surface area (Å²) in [6, 6.07) is 16.5. The van der Waals surface area contributed by atoms with E-state index in [-0.39, 0.29) is 18.1 Å². The van der Waals surface area contributed by atoms with Gasteiger partial charge in [0.2, 0.25) is 0 Å². The van der Waals surface area contributed by atoms with Gasteiger partial charge in [-0.1, -0.05) is 41.9 Å². The summed E-state index contributed by atoms with van der Waals surface area (Å²) in [6.45, 7) is 2.66. The Morgan fingerprint density at radius 3 is 2.61 bits per heavy atom. The van der Waals surface area contributed by atoms with Crippen molar-refractivity contribution in [3.63, 3.8) is 0 Å². The number of H-pyrrole nitrogens is 1. The molecule has 1 amide bonds. The van der Waals surface area contributed by atoms with Crippen LogP contribution in [0.2, 0.25) is 0 Å². The minimum Gasteiger partial charge on any atom is -0.387 e. The van der Waals surface area contributed by atoms with Crippen LogP contribution in [0.15, 0.2) is 65.3 Å². The van der Waals surface area contributed by atoms with Crippen molar-refractivity contribution < 1.29 is 14.4 Å². The summed E-state index contributed by atoms with van der Waals surface area (Å²) in [4.78, 5) is 14.0. The van der Waals surface area contributed by atoms with Gasteiger partial charge in [0.05, 0.1) is 24.4 Å². The zero-order valence-corrected chi connectivity index (χ0v) is 18.7. The van der Waals surface area contributed by atoms with Gasteiger partial charge in [-0.25, -0.2) is 0 Å². The molecule has 0 radical (unpaired) electrons. The lowest BCUT2D eigenvalue weighted by Crippen LogP contribution is -2.31. The second kappa shape index (κ2) is 10.9. The van der Waals surface area contributed by atoms with Crippen LogP contribution in [0, 0.1) is 0 Å². The molecule has 1 saturated heterocycles. The van der Waals surface area contributed by atoms with Crippen molar-refractivity contribution >= 4 is 16.8 Å². The summed E-state index contributed by atoms with van der Waals surface area (Å²) in [5.74, 6) is 0.183. The number of benzene rings is 2. The monoisotopic (exact) mass is 447 g/mol. The van der Waals surface area contributed by atoms with Gasteiger partial charge in [0.1, 0.15) is 0 Å². The number of amides is 1. The second-order valence-corrected chi connectivity index (χ2v) is 8.17. The van der Waals surface area contributed by atoms with Crippen molar-refractivity contribution in [3.05, 3.63) is 72.1 Å². The standard InChI is InChI=1S/C20H18N4O3.C5H11N/c1-24(12-18(25)13-5-3-2-4-6-13)20(26)17-10-19(27-23-17)14-7-8-16-15(9-14)11-21-22-16;1-2-4-6-5-3-1/h2-11,18,25H,12H2,1H3,(H,21,22);6H,1-5H2. The van der Waals surface area contributed by atoms with Gasteiger partial charge in [0.15, 0.2) is 11.5 Å². The van der Waals surface area contributed by atoms with E-state index in [1.807, 2.05) is 48.5 Å². The minimum absolute atomic E-state index is 0.159. The van der Waals surface area contributed by atoms with Crippen molar-refractivity contribution in [2.45, 2.75) is 25.4 Å². The Kier molecular flexibility index (Phi) is 7.49. The number of hydrogen-bond donors (Lipinski definition) is 3. The van der Waals surface area contributed by atoms with Crippen molar-refractivity contribution in [3.8, 4) is 11.3 Å². The van der Waals surface area contributed by atoms with E-state index in [0.29, 0.717) is 5.76 Å². The highest BCUT2D eigenvalue weighted by Gasteiger charge is 2.20. The summed E-state index contributed by atoms with van der Waals surface area (Å²) >= 11 is 0. The third-order valence-electron chi connectivity index (χ3n) is 5.64. The number of carbonyl (C=O) groups is 1. The SMILES string of the molecule is C1CCNCC1.CN(CC(O)c1ccccc1)C(=O)c1cc(-c2ccc3[nH]ncc3c2)on1. The number of nitrogens with one attached hydrogen (secondary N) is 2. The van der Waals surface area contributed by atoms with E-state index in [4.69, 9.17) is 4.52 Å². The van der Waals surface area contributed by atoms with E-state index < -0.39 is 6.10 Å². The Morgan fingerprint density at radius 1 is 1.12 bits per heavy atom. The summed E-state index contributed by atoms with van der Waals surface area (Å²) < 4.78 is 5.35. The van der Waals surface area contributed by atoms with Crippen LogP contribution in [-0.4, -0.2) is 57.9 Å². The number of carbonyl (C=O) groups excluding carboxylic acids is 1. The van der Waals surface area contributed by atoms with Gasteiger partial charge in [0.25, 0.3) is 5.91 Å². The topological polar surface area (TPSA) is 107 Å². The third kappa shape index (κ3) is 5.85. The van der Waals surface area contributed by atoms with Gasteiger partial charge in [0, 0.05) is 24.1 Å². The Morgan fingerprint density at radius 2 is 1.91 bits per heavy atom. The Hall–Kier alpha value is -3.49. The van der Waals surface area contributed by atoms with E-state index in [2.05, 4.69) is 20.7 Å². The maximum atomic E-state index is 12.6. The predicted octanol–water partition coefficient (Wildman–Crippen LogP) is 3.78. The molecule has 3 heterocycles. The fourth-order valence-corrected chi connectivity index (χ4v) is 3.73. The first-order valence-electron chi connectivity index (χ1n) is 11.2. The lowest BCUT2D eigenvalue weighted by Gasteiger charge is -2.20. The van der Waals surface area contributed by atoms with Crippen LogP contribution in [-0.2, 0) is 0 Å². The van der Waals surface area contributed by atoms with E-state index in [1.165, 1.54) is 37.3 Å². The van der Waals surface area contributed by atoms with Crippen LogP contribution in [0.25, 0.3) is 22.2 Å². The quantitative estimate of drug-likeness (QED) is 0.430. The number of nitrogens with zero attached hydrogens (tertiary/aromatic N) is 3. The maximum absolute atomic E-state index is 12.6. The normalized spacial score (nSPS) is 14.4. The van der Waals surface area contributed by atoms with Crippen LogP contribution in [0.5, 0.6) is 0 Å².